The molecular weight excluding hydrogens is 372 g/mol. The lowest BCUT2D eigenvalue weighted by Crippen LogP contribution is -2.03. The molecular formula is C26H22N2O2. The molecule has 5 aromatic rings. The van der Waals surface area contributed by atoms with E-state index >= 15 is 0 Å². The van der Waals surface area contributed by atoms with Crippen LogP contribution in [-0.4, -0.2) is 23.8 Å². The Morgan fingerprint density at radius 3 is 2.40 bits per heavy atom. The van der Waals surface area contributed by atoms with E-state index in [1.807, 2.05) is 24.3 Å². The van der Waals surface area contributed by atoms with E-state index in [1.165, 1.54) is 16.3 Å². The van der Waals surface area contributed by atoms with E-state index in [2.05, 4.69) is 65.2 Å². The van der Waals surface area contributed by atoms with Crippen LogP contribution in [0.4, 0.5) is 0 Å². The van der Waals surface area contributed by atoms with Gasteiger partial charge in [0.15, 0.2) is 11.5 Å². The number of hydrogen-bond acceptors (Lipinski definition) is 3. The molecule has 5 rings (SSSR count). The molecule has 1 aromatic heterocycles. The maximum absolute atomic E-state index is 5.53. The van der Waals surface area contributed by atoms with E-state index in [4.69, 9.17) is 14.5 Å². The Bertz CT molecular complexity index is 1350. The number of imidazole rings is 1. The van der Waals surface area contributed by atoms with Gasteiger partial charge in [0.2, 0.25) is 0 Å². The van der Waals surface area contributed by atoms with Gasteiger partial charge in [-0.1, -0.05) is 54.6 Å². The van der Waals surface area contributed by atoms with Gasteiger partial charge in [0.1, 0.15) is 5.82 Å². The van der Waals surface area contributed by atoms with Crippen LogP contribution in [0.15, 0.2) is 84.9 Å². The summed E-state index contributed by atoms with van der Waals surface area (Å²) in [6, 6.07) is 29.2. The van der Waals surface area contributed by atoms with Gasteiger partial charge in [-0.2, -0.15) is 0 Å². The molecule has 4 aromatic carbocycles. The zero-order valence-corrected chi connectivity index (χ0v) is 17.0. The second-order valence-corrected chi connectivity index (χ2v) is 7.22. The minimum Gasteiger partial charge on any atom is -0.493 e. The lowest BCUT2D eigenvalue weighted by Gasteiger charge is -2.13. The van der Waals surface area contributed by atoms with Crippen LogP contribution in [0, 0.1) is 0 Å². The molecule has 0 radical (unpaired) electrons. The third-order valence-corrected chi connectivity index (χ3v) is 5.50. The number of benzene rings is 4. The van der Waals surface area contributed by atoms with Crippen LogP contribution in [0.5, 0.6) is 11.5 Å². The standard InChI is InChI=1S/C26H22N2O2/c1-29-24-15-14-19(16-25(24)30-2)26-27-22-12-5-6-13-23(22)28(26)17-20-10-7-9-18-8-3-4-11-21(18)20/h3-16H,17H2,1-2H3. The molecule has 1 heterocycles. The Kier molecular flexibility index (Phi) is 4.60. The highest BCUT2D eigenvalue weighted by Gasteiger charge is 2.16. The molecule has 0 N–H and O–H groups in total. The summed E-state index contributed by atoms with van der Waals surface area (Å²) in [5.41, 5.74) is 4.33. The topological polar surface area (TPSA) is 36.3 Å². The van der Waals surface area contributed by atoms with Gasteiger partial charge >= 0.3 is 0 Å². The molecule has 0 fully saturated rings. The van der Waals surface area contributed by atoms with Crippen LogP contribution >= 0.6 is 0 Å². The van der Waals surface area contributed by atoms with Crippen LogP contribution < -0.4 is 9.47 Å². The monoisotopic (exact) mass is 394 g/mol. The smallest absolute Gasteiger partial charge is 0.161 e. The first-order chi connectivity index (χ1) is 14.8. The molecule has 0 aliphatic heterocycles. The molecule has 4 heteroatoms. The number of aromatic nitrogens is 2. The summed E-state index contributed by atoms with van der Waals surface area (Å²) in [5.74, 6) is 2.31. The first-order valence-corrected chi connectivity index (χ1v) is 9.93. The zero-order chi connectivity index (χ0) is 20.5. The highest BCUT2D eigenvalue weighted by Crippen LogP contribution is 2.34. The number of rotatable bonds is 5. The van der Waals surface area contributed by atoms with Crippen molar-refractivity contribution in [2.75, 3.05) is 14.2 Å². The van der Waals surface area contributed by atoms with Crippen molar-refractivity contribution in [1.29, 1.82) is 0 Å². The first-order valence-electron chi connectivity index (χ1n) is 9.93. The summed E-state index contributed by atoms with van der Waals surface area (Å²) in [6.07, 6.45) is 0. The van der Waals surface area contributed by atoms with Crippen molar-refractivity contribution >= 4 is 21.8 Å². The van der Waals surface area contributed by atoms with Gasteiger partial charge in [-0.3, -0.25) is 0 Å². The fraction of sp³-hybridized carbons (Fsp3) is 0.115. The second-order valence-electron chi connectivity index (χ2n) is 7.22. The van der Waals surface area contributed by atoms with E-state index in [9.17, 15) is 0 Å². The molecule has 0 bridgehead atoms. The Morgan fingerprint density at radius 2 is 1.53 bits per heavy atom. The van der Waals surface area contributed by atoms with Crippen molar-refractivity contribution in [2.24, 2.45) is 0 Å². The predicted octanol–water partition coefficient (Wildman–Crippen LogP) is 5.92. The molecule has 0 atom stereocenters. The van der Waals surface area contributed by atoms with E-state index < -0.39 is 0 Å². The van der Waals surface area contributed by atoms with Crippen LogP contribution in [-0.2, 0) is 6.54 Å². The first kappa shape index (κ1) is 18.3. The number of nitrogens with zero attached hydrogens (tertiary/aromatic N) is 2. The van der Waals surface area contributed by atoms with Gasteiger partial charge in [-0.05, 0) is 46.7 Å². The lowest BCUT2D eigenvalue weighted by molar-refractivity contribution is 0.355. The Morgan fingerprint density at radius 1 is 0.767 bits per heavy atom. The number of methoxy groups -OCH3 is 2. The number of para-hydroxylation sites is 2. The summed E-state index contributed by atoms with van der Waals surface area (Å²) in [4.78, 5) is 4.96. The molecule has 0 saturated carbocycles. The van der Waals surface area contributed by atoms with Crippen LogP contribution in [0.25, 0.3) is 33.2 Å². The molecule has 0 spiro atoms. The largest absolute Gasteiger partial charge is 0.493 e. The quantitative estimate of drug-likeness (QED) is 0.371. The lowest BCUT2D eigenvalue weighted by atomic mass is 10.0. The fourth-order valence-electron chi connectivity index (χ4n) is 4.03. The van der Waals surface area contributed by atoms with Crippen molar-refractivity contribution in [3.63, 3.8) is 0 Å². The predicted molar refractivity (Wildman–Crippen MR) is 121 cm³/mol. The molecule has 0 aliphatic rings. The molecule has 0 saturated heterocycles. The number of hydrogen-bond donors (Lipinski definition) is 0. The Labute approximate surface area is 175 Å². The van der Waals surface area contributed by atoms with Gasteiger partial charge in [-0.15, -0.1) is 0 Å². The number of ether oxygens (including phenoxy) is 2. The molecule has 0 amide bonds. The summed E-state index contributed by atoms with van der Waals surface area (Å²) >= 11 is 0. The van der Waals surface area contributed by atoms with Gasteiger partial charge in [0.05, 0.1) is 31.8 Å². The maximum atomic E-state index is 5.53. The van der Waals surface area contributed by atoms with Gasteiger partial charge in [-0.25, -0.2) is 4.98 Å². The minimum absolute atomic E-state index is 0.693. The van der Waals surface area contributed by atoms with E-state index in [0.29, 0.717) is 11.5 Å². The molecule has 0 aliphatic carbocycles. The maximum Gasteiger partial charge on any atom is 0.161 e. The fourth-order valence-corrected chi connectivity index (χ4v) is 4.03. The normalized spacial score (nSPS) is 11.1. The van der Waals surface area contributed by atoms with Crippen molar-refractivity contribution in [2.45, 2.75) is 6.54 Å². The summed E-state index contributed by atoms with van der Waals surface area (Å²) in [6.45, 7) is 0.728. The van der Waals surface area contributed by atoms with Crippen molar-refractivity contribution in [3.8, 4) is 22.9 Å². The molecule has 4 nitrogen and oxygen atoms in total. The number of fused-ring (bicyclic) bond motifs is 2. The molecule has 30 heavy (non-hydrogen) atoms. The third-order valence-electron chi connectivity index (χ3n) is 5.50. The SMILES string of the molecule is COc1ccc(-c2nc3ccccc3n2Cc2cccc3ccccc23)cc1OC. The molecule has 148 valence electrons. The minimum atomic E-state index is 0.693. The van der Waals surface area contributed by atoms with Crippen LogP contribution in [0.3, 0.4) is 0 Å². The van der Waals surface area contributed by atoms with E-state index in [1.54, 1.807) is 14.2 Å². The van der Waals surface area contributed by atoms with Gasteiger partial charge in [0, 0.05) is 5.56 Å². The highest BCUT2D eigenvalue weighted by atomic mass is 16.5. The average Bonchev–Trinajstić information content (AvgIpc) is 3.17. The van der Waals surface area contributed by atoms with E-state index in [0.717, 1.165) is 29.0 Å². The van der Waals surface area contributed by atoms with E-state index in [-0.39, 0.29) is 0 Å². The van der Waals surface area contributed by atoms with Crippen LogP contribution in [0.1, 0.15) is 5.56 Å². The summed E-state index contributed by atoms with van der Waals surface area (Å²) in [7, 11) is 3.30. The summed E-state index contributed by atoms with van der Waals surface area (Å²) in [5, 5.41) is 2.50. The van der Waals surface area contributed by atoms with Crippen LogP contribution in [0.2, 0.25) is 0 Å². The zero-order valence-electron chi connectivity index (χ0n) is 17.0. The Balaban J connectivity index is 1.70. The van der Waals surface area contributed by atoms with Gasteiger partial charge < -0.3 is 14.0 Å². The highest BCUT2D eigenvalue weighted by molar-refractivity contribution is 5.86. The van der Waals surface area contributed by atoms with Crippen molar-refractivity contribution < 1.29 is 9.47 Å². The summed E-state index contributed by atoms with van der Waals surface area (Å²) < 4.78 is 13.2. The second kappa shape index (κ2) is 7.56. The van der Waals surface area contributed by atoms with Crippen molar-refractivity contribution in [3.05, 3.63) is 90.5 Å². The average molecular weight is 394 g/mol. The van der Waals surface area contributed by atoms with Crippen molar-refractivity contribution in [1.82, 2.24) is 9.55 Å². The molecule has 0 unspecified atom stereocenters. The Hall–Kier alpha value is -3.79. The van der Waals surface area contributed by atoms with Gasteiger partial charge in [0.25, 0.3) is 0 Å². The third kappa shape index (κ3) is 3.07.